The number of ether oxygens (including phenoxy) is 1. The first-order chi connectivity index (χ1) is 14.5. The number of amides is 1. The van der Waals surface area contributed by atoms with E-state index in [-0.39, 0.29) is 11.6 Å². The van der Waals surface area contributed by atoms with Crippen LogP contribution < -0.4 is 5.32 Å². The molecule has 1 N–H and O–H groups in total. The summed E-state index contributed by atoms with van der Waals surface area (Å²) in [4.78, 5) is 33.2. The van der Waals surface area contributed by atoms with Crippen molar-refractivity contribution in [2.24, 2.45) is 0 Å². The molecule has 0 fully saturated rings. The number of carbonyl (C=O) groups is 2. The van der Waals surface area contributed by atoms with Crippen LogP contribution in [0.5, 0.6) is 0 Å². The fraction of sp³-hybridized carbons (Fsp3) is 0.136. The summed E-state index contributed by atoms with van der Waals surface area (Å²) in [5.74, 6) is -1.11. The van der Waals surface area contributed by atoms with Gasteiger partial charge in [0.15, 0.2) is 6.10 Å². The van der Waals surface area contributed by atoms with Crippen molar-refractivity contribution in [3.8, 4) is 11.1 Å². The van der Waals surface area contributed by atoms with E-state index in [2.05, 4.69) is 20.4 Å². The number of hydrogen-bond acceptors (Lipinski definition) is 6. The Morgan fingerprint density at radius 2 is 1.77 bits per heavy atom. The maximum atomic E-state index is 12.6. The predicted octanol–water partition coefficient (Wildman–Crippen LogP) is 3.28. The van der Waals surface area contributed by atoms with E-state index < -0.39 is 18.0 Å². The molecule has 0 aliphatic carbocycles. The van der Waals surface area contributed by atoms with Gasteiger partial charge in [-0.25, -0.2) is 14.3 Å². The summed E-state index contributed by atoms with van der Waals surface area (Å²) in [7, 11) is 0. The van der Waals surface area contributed by atoms with Crippen molar-refractivity contribution in [1.29, 1.82) is 0 Å². The van der Waals surface area contributed by atoms with E-state index in [0.717, 1.165) is 16.8 Å². The van der Waals surface area contributed by atoms with Crippen LogP contribution in [0.2, 0.25) is 0 Å². The monoisotopic (exact) mass is 401 g/mol. The van der Waals surface area contributed by atoms with Gasteiger partial charge < -0.3 is 10.1 Å². The number of carbonyl (C=O) groups excluding carboxylic acids is 2. The van der Waals surface area contributed by atoms with E-state index in [4.69, 9.17) is 4.74 Å². The van der Waals surface area contributed by atoms with Crippen LogP contribution in [0.3, 0.4) is 0 Å². The molecule has 2 aromatic carbocycles. The van der Waals surface area contributed by atoms with Crippen LogP contribution in [0.25, 0.3) is 16.9 Å². The highest BCUT2D eigenvalue weighted by atomic mass is 16.5. The number of aryl methyl sites for hydroxylation is 1. The standard InChI is InChI=1S/C22H19N5O3/c1-14-12-13-23-22-25-19(26-27(14)22)21(29)30-15(2)20(28)24-18-11-7-6-10-17(18)16-8-4-3-5-9-16/h3-13,15H,1-2H3,(H,24,28). The maximum Gasteiger partial charge on any atom is 0.379 e. The quantitative estimate of drug-likeness (QED) is 0.515. The summed E-state index contributed by atoms with van der Waals surface area (Å²) in [5, 5.41) is 6.93. The Bertz CT molecular complexity index is 1220. The van der Waals surface area contributed by atoms with E-state index in [0.29, 0.717) is 5.69 Å². The summed E-state index contributed by atoms with van der Waals surface area (Å²) in [6.45, 7) is 3.32. The third-order valence-electron chi connectivity index (χ3n) is 4.54. The lowest BCUT2D eigenvalue weighted by molar-refractivity contribution is -0.123. The first-order valence-corrected chi connectivity index (χ1v) is 9.37. The molecule has 1 amide bonds. The molecule has 0 bridgehead atoms. The number of nitrogens with zero attached hydrogens (tertiary/aromatic N) is 4. The zero-order chi connectivity index (χ0) is 21.1. The molecule has 0 spiro atoms. The van der Waals surface area contributed by atoms with Crippen LogP contribution in [-0.2, 0) is 9.53 Å². The minimum atomic E-state index is -1.04. The van der Waals surface area contributed by atoms with Crippen molar-refractivity contribution in [3.05, 3.63) is 78.4 Å². The number of nitrogens with one attached hydrogen (secondary N) is 1. The summed E-state index contributed by atoms with van der Waals surface area (Å²) >= 11 is 0. The fourth-order valence-electron chi connectivity index (χ4n) is 2.96. The fourth-order valence-corrected chi connectivity index (χ4v) is 2.96. The molecule has 0 radical (unpaired) electrons. The Kier molecular flexibility index (Phi) is 5.21. The van der Waals surface area contributed by atoms with Crippen molar-refractivity contribution >= 4 is 23.3 Å². The molecule has 8 nitrogen and oxygen atoms in total. The Labute approximate surface area is 172 Å². The highest BCUT2D eigenvalue weighted by Crippen LogP contribution is 2.27. The number of hydrogen-bond donors (Lipinski definition) is 1. The van der Waals surface area contributed by atoms with Crippen LogP contribution in [-0.4, -0.2) is 37.6 Å². The van der Waals surface area contributed by atoms with Gasteiger partial charge in [0.1, 0.15) is 0 Å². The number of esters is 1. The van der Waals surface area contributed by atoms with Crippen molar-refractivity contribution in [2.45, 2.75) is 20.0 Å². The molecule has 1 unspecified atom stereocenters. The minimum Gasteiger partial charge on any atom is -0.447 e. The second-order valence-corrected chi connectivity index (χ2v) is 6.68. The molecule has 1 atom stereocenters. The second kappa shape index (κ2) is 8.12. The molecule has 4 aromatic rings. The lowest BCUT2D eigenvalue weighted by Crippen LogP contribution is -2.30. The number of anilines is 1. The Morgan fingerprint density at radius 3 is 2.53 bits per heavy atom. The minimum absolute atomic E-state index is 0.152. The largest absolute Gasteiger partial charge is 0.447 e. The third kappa shape index (κ3) is 3.88. The van der Waals surface area contributed by atoms with Gasteiger partial charge in [-0.15, -0.1) is 5.10 Å². The summed E-state index contributed by atoms with van der Waals surface area (Å²) in [6, 6.07) is 18.9. The first kappa shape index (κ1) is 19.3. The van der Waals surface area contributed by atoms with Crippen molar-refractivity contribution < 1.29 is 14.3 Å². The average molecular weight is 401 g/mol. The van der Waals surface area contributed by atoms with Gasteiger partial charge in [0.25, 0.3) is 17.5 Å². The summed E-state index contributed by atoms with van der Waals surface area (Å²) in [6.07, 6.45) is 0.538. The van der Waals surface area contributed by atoms with Gasteiger partial charge in [-0.1, -0.05) is 48.5 Å². The maximum absolute atomic E-state index is 12.6. The number of fused-ring (bicyclic) bond motifs is 1. The van der Waals surface area contributed by atoms with Gasteiger partial charge in [0, 0.05) is 23.1 Å². The van der Waals surface area contributed by atoms with Gasteiger partial charge >= 0.3 is 5.97 Å². The lowest BCUT2D eigenvalue weighted by atomic mass is 10.0. The zero-order valence-corrected chi connectivity index (χ0v) is 16.4. The topological polar surface area (TPSA) is 98.5 Å². The number of rotatable bonds is 5. The summed E-state index contributed by atoms with van der Waals surface area (Å²) < 4.78 is 6.71. The molecule has 0 saturated carbocycles. The molecule has 0 aliphatic rings. The van der Waals surface area contributed by atoms with Gasteiger partial charge in [-0.3, -0.25) is 4.79 Å². The normalized spacial score (nSPS) is 11.8. The van der Waals surface area contributed by atoms with Crippen molar-refractivity contribution in [2.75, 3.05) is 5.32 Å². The molecule has 2 aromatic heterocycles. The van der Waals surface area contributed by atoms with E-state index in [1.54, 1.807) is 18.3 Å². The Hall–Kier alpha value is -4.07. The smallest absolute Gasteiger partial charge is 0.379 e. The third-order valence-corrected chi connectivity index (χ3v) is 4.54. The molecule has 0 aliphatic heterocycles. The Balaban J connectivity index is 1.48. The zero-order valence-electron chi connectivity index (χ0n) is 16.4. The SMILES string of the molecule is Cc1ccnc2nc(C(=O)OC(C)C(=O)Nc3ccccc3-c3ccccc3)nn12. The molecule has 8 heteroatoms. The molecule has 30 heavy (non-hydrogen) atoms. The van der Waals surface area contributed by atoms with E-state index in [1.807, 2.05) is 55.5 Å². The molecular weight excluding hydrogens is 382 g/mol. The molecule has 2 heterocycles. The number of aromatic nitrogens is 4. The molecule has 4 rings (SSSR count). The van der Waals surface area contributed by atoms with Crippen LogP contribution in [0.1, 0.15) is 23.2 Å². The lowest BCUT2D eigenvalue weighted by Gasteiger charge is -2.15. The van der Waals surface area contributed by atoms with Crippen molar-refractivity contribution in [1.82, 2.24) is 19.6 Å². The molecule has 150 valence electrons. The van der Waals surface area contributed by atoms with Crippen LogP contribution in [0, 0.1) is 6.92 Å². The van der Waals surface area contributed by atoms with E-state index in [9.17, 15) is 9.59 Å². The number of benzene rings is 2. The molecular formula is C22H19N5O3. The molecule has 0 saturated heterocycles. The van der Waals surface area contributed by atoms with Gasteiger partial charge in [0.05, 0.1) is 0 Å². The highest BCUT2D eigenvalue weighted by molar-refractivity contribution is 5.99. The van der Waals surface area contributed by atoms with E-state index >= 15 is 0 Å². The van der Waals surface area contributed by atoms with Gasteiger partial charge in [-0.2, -0.15) is 4.98 Å². The average Bonchev–Trinajstić information content (AvgIpc) is 3.21. The summed E-state index contributed by atoms with van der Waals surface area (Å²) in [5.41, 5.74) is 3.24. The predicted molar refractivity (Wildman–Crippen MR) is 111 cm³/mol. The van der Waals surface area contributed by atoms with Crippen LogP contribution in [0.15, 0.2) is 66.9 Å². The van der Waals surface area contributed by atoms with Gasteiger partial charge in [0.2, 0.25) is 0 Å². The van der Waals surface area contributed by atoms with Crippen LogP contribution >= 0.6 is 0 Å². The van der Waals surface area contributed by atoms with Gasteiger partial charge in [-0.05, 0) is 31.5 Å². The Morgan fingerprint density at radius 1 is 1.03 bits per heavy atom. The van der Waals surface area contributed by atoms with E-state index in [1.165, 1.54) is 11.4 Å². The van der Waals surface area contributed by atoms with Crippen LogP contribution in [0.4, 0.5) is 5.69 Å². The van der Waals surface area contributed by atoms with Crippen molar-refractivity contribution in [3.63, 3.8) is 0 Å². The second-order valence-electron chi connectivity index (χ2n) is 6.68. The first-order valence-electron chi connectivity index (χ1n) is 9.37. The number of para-hydroxylation sites is 1. The highest BCUT2D eigenvalue weighted by Gasteiger charge is 2.23.